The van der Waals surface area contributed by atoms with Crippen LogP contribution in [0.5, 0.6) is 0 Å². The maximum Gasteiger partial charge on any atom is 0.468 e. The number of hydrogen-bond donors (Lipinski definition) is 3. The van der Waals surface area contributed by atoms with Crippen LogP contribution in [-0.2, 0) is 4.79 Å². The van der Waals surface area contributed by atoms with Gasteiger partial charge in [-0.05, 0) is 13.8 Å². The van der Waals surface area contributed by atoms with E-state index in [-0.39, 0.29) is 5.71 Å². The average molecular weight is 143 g/mol. The van der Waals surface area contributed by atoms with Crippen LogP contribution in [0.3, 0.4) is 0 Å². The third kappa shape index (κ3) is 2.28. The molecule has 0 aliphatic heterocycles. The highest BCUT2D eigenvalue weighted by Crippen LogP contribution is 2.08. The summed E-state index contributed by atoms with van der Waals surface area (Å²) < 4.78 is 0. The fraction of sp³-hybridized carbons (Fsp3) is 0.600. The van der Waals surface area contributed by atoms with Crippen molar-refractivity contribution >= 4 is 18.6 Å². The van der Waals surface area contributed by atoms with E-state index in [1.165, 1.54) is 13.8 Å². The van der Waals surface area contributed by atoms with Crippen molar-refractivity contribution in [2.75, 3.05) is 0 Å². The smallest absolute Gasteiger partial charge is 0.426 e. The first-order chi connectivity index (χ1) is 4.46. The molecule has 10 heavy (non-hydrogen) atoms. The predicted octanol–water partition coefficient (Wildman–Crippen LogP) is -0.542. The zero-order valence-corrected chi connectivity index (χ0v) is 5.96. The van der Waals surface area contributed by atoms with E-state index in [9.17, 15) is 4.79 Å². The van der Waals surface area contributed by atoms with Gasteiger partial charge in [0, 0.05) is 5.71 Å². The molecule has 56 valence electrons. The van der Waals surface area contributed by atoms with Crippen LogP contribution in [0.2, 0.25) is 5.82 Å². The molecule has 0 amide bonds. The molecule has 1 unspecified atom stereocenters. The zero-order valence-electron chi connectivity index (χ0n) is 5.96. The van der Waals surface area contributed by atoms with Crippen molar-refractivity contribution in [3.05, 3.63) is 0 Å². The molecule has 5 heteroatoms. The van der Waals surface area contributed by atoms with Gasteiger partial charge in [-0.2, -0.15) is 0 Å². The van der Waals surface area contributed by atoms with Gasteiger partial charge < -0.3 is 15.5 Å². The Balaban J connectivity index is 4.27. The maximum absolute atomic E-state index is 10.6. The van der Waals surface area contributed by atoms with E-state index < -0.39 is 18.7 Å². The molecule has 4 nitrogen and oxygen atoms in total. The summed E-state index contributed by atoms with van der Waals surface area (Å²) in [7, 11) is -1.74. The monoisotopic (exact) mass is 143 g/mol. The number of Topliss-reactive ketones (excluding diaryl/α,β-unsaturated/α-hetero) is 1. The highest BCUT2D eigenvalue weighted by Gasteiger charge is 2.29. The Labute approximate surface area is 59.5 Å². The zero-order chi connectivity index (χ0) is 8.31. The molecular formula is C5H10BNO3. The molecule has 0 aliphatic carbocycles. The first-order valence-electron chi connectivity index (χ1n) is 2.88. The first-order valence-corrected chi connectivity index (χ1v) is 2.88. The Morgan fingerprint density at radius 3 is 1.90 bits per heavy atom. The molecule has 0 bridgehead atoms. The summed E-state index contributed by atoms with van der Waals surface area (Å²) in [6.45, 7) is 2.59. The van der Waals surface area contributed by atoms with E-state index in [1.807, 2.05) is 0 Å². The van der Waals surface area contributed by atoms with Crippen molar-refractivity contribution in [1.82, 2.24) is 0 Å². The number of carbonyl (C=O) groups excluding carboxylic acids is 1. The molecule has 0 aromatic heterocycles. The Bertz CT molecular complexity index is 143. The molecule has 0 saturated heterocycles. The van der Waals surface area contributed by atoms with Crippen LogP contribution < -0.4 is 0 Å². The van der Waals surface area contributed by atoms with Gasteiger partial charge in [0.05, 0.1) is 5.82 Å². The summed E-state index contributed by atoms with van der Waals surface area (Å²) >= 11 is 0. The van der Waals surface area contributed by atoms with Crippen molar-refractivity contribution in [1.29, 1.82) is 5.41 Å². The van der Waals surface area contributed by atoms with Crippen LogP contribution in [0.25, 0.3) is 0 Å². The Kier molecular flexibility index (Phi) is 3.25. The molecule has 0 aromatic rings. The van der Waals surface area contributed by atoms with Gasteiger partial charge in [-0.3, -0.25) is 4.79 Å². The molecule has 0 aromatic carbocycles. The molecule has 0 saturated carbocycles. The van der Waals surface area contributed by atoms with Crippen LogP contribution in [0.15, 0.2) is 0 Å². The summed E-state index contributed by atoms with van der Waals surface area (Å²) in [5.41, 5.74) is -0.0255. The summed E-state index contributed by atoms with van der Waals surface area (Å²) in [5, 5.41) is 24.1. The Hall–Kier alpha value is -0.675. The van der Waals surface area contributed by atoms with E-state index in [2.05, 4.69) is 0 Å². The fourth-order valence-electron chi connectivity index (χ4n) is 0.738. The van der Waals surface area contributed by atoms with E-state index in [1.54, 1.807) is 0 Å². The van der Waals surface area contributed by atoms with E-state index >= 15 is 0 Å². The molecule has 0 radical (unpaired) electrons. The van der Waals surface area contributed by atoms with E-state index in [4.69, 9.17) is 15.5 Å². The lowest BCUT2D eigenvalue weighted by molar-refractivity contribution is -0.116. The van der Waals surface area contributed by atoms with Crippen LogP contribution in [0.1, 0.15) is 13.8 Å². The van der Waals surface area contributed by atoms with Gasteiger partial charge in [0.2, 0.25) is 0 Å². The highest BCUT2D eigenvalue weighted by molar-refractivity contribution is 6.56. The summed E-state index contributed by atoms with van der Waals surface area (Å²) in [6.07, 6.45) is 0. The Morgan fingerprint density at radius 1 is 1.50 bits per heavy atom. The largest absolute Gasteiger partial charge is 0.468 e. The van der Waals surface area contributed by atoms with E-state index in [0.29, 0.717) is 0 Å². The van der Waals surface area contributed by atoms with Gasteiger partial charge in [-0.15, -0.1) is 0 Å². The first kappa shape index (κ1) is 9.32. The molecule has 0 aliphatic rings. The van der Waals surface area contributed by atoms with Crippen molar-refractivity contribution in [2.45, 2.75) is 19.7 Å². The highest BCUT2D eigenvalue weighted by atomic mass is 16.4. The third-order valence-electron chi connectivity index (χ3n) is 1.20. The molecule has 0 fully saturated rings. The van der Waals surface area contributed by atoms with Crippen molar-refractivity contribution in [3.8, 4) is 0 Å². The predicted molar refractivity (Wildman–Crippen MR) is 38.0 cm³/mol. The van der Waals surface area contributed by atoms with Crippen molar-refractivity contribution in [2.24, 2.45) is 0 Å². The number of nitrogens with one attached hydrogen (secondary N) is 1. The summed E-state index contributed by atoms with van der Waals surface area (Å²) in [6, 6.07) is 0. The number of ketones is 1. The van der Waals surface area contributed by atoms with Crippen LogP contribution in [-0.4, -0.2) is 28.7 Å². The summed E-state index contributed by atoms with van der Waals surface area (Å²) in [5.74, 6) is -1.46. The molecule has 0 spiro atoms. The standard InChI is InChI=1S/C5H10BNO3/c1-3(7)5(4(2)8)6(9)10/h5,7,9-10H,1-2H3. The second-order valence-corrected chi connectivity index (χ2v) is 2.18. The lowest BCUT2D eigenvalue weighted by Gasteiger charge is -2.08. The van der Waals surface area contributed by atoms with Gasteiger partial charge in [0.25, 0.3) is 0 Å². The quantitative estimate of drug-likeness (QED) is 0.366. The second kappa shape index (κ2) is 3.48. The van der Waals surface area contributed by atoms with Crippen molar-refractivity contribution < 1.29 is 14.8 Å². The van der Waals surface area contributed by atoms with Crippen LogP contribution in [0, 0.1) is 5.41 Å². The number of carbonyl (C=O) groups is 1. The lowest BCUT2D eigenvalue weighted by Crippen LogP contribution is -2.30. The van der Waals surface area contributed by atoms with Crippen LogP contribution >= 0.6 is 0 Å². The lowest BCUT2D eigenvalue weighted by atomic mass is 9.68. The topological polar surface area (TPSA) is 81.4 Å². The molecular weight excluding hydrogens is 133 g/mol. The van der Waals surface area contributed by atoms with Gasteiger partial charge in [0.15, 0.2) is 0 Å². The molecule has 3 N–H and O–H groups in total. The van der Waals surface area contributed by atoms with Gasteiger partial charge in [0.1, 0.15) is 5.78 Å². The minimum Gasteiger partial charge on any atom is -0.426 e. The Morgan fingerprint density at radius 2 is 1.90 bits per heavy atom. The summed E-state index contributed by atoms with van der Waals surface area (Å²) in [4.78, 5) is 10.6. The van der Waals surface area contributed by atoms with Crippen molar-refractivity contribution in [3.63, 3.8) is 0 Å². The normalized spacial score (nSPS) is 12.4. The maximum atomic E-state index is 10.6. The average Bonchev–Trinajstić information content (AvgIpc) is 1.59. The number of hydrogen-bond acceptors (Lipinski definition) is 4. The molecule has 1 atom stereocenters. The van der Waals surface area contributed by atoms with Gasteiger partial charge in [-0.25, -0.2) is 0 Å². The van der Waals surface area contributed by atoms with E-state index in [0.717, 1.165) is 0 Å². The van der Waals surface area contributed by atoms with Crippen LogP contribution in [0.4, 0.5) is 0 Å². The minimum absolute atomic E-state index is 0.0255. The second-order valence-electron chi connectivity index (χ2n) is 2.18. The minimum atomic E-state index is -1.74. The van der Waals surface area contributed by atoms with Gasteiger partial charge >= 0.3 is 7.12 Å². The fourth-order valence-corrected chi connectivity index (χ4v) is 0.738. The number of rotatable bonds is 3. The molecule has 0 heterocycles. The third-order valence-corrected chi connectivity index (χ3v) is 1.20. The molecule has 0 rings (SSSR count). The SMILES string of the molecule is CC(=N)C(B(O)O)C(C)=O. The van der Waals surface area contributed by atoms with Gasteiger partial charge in [-0.1, -0.05) is 0 Å².